The quantitative estimate of drug-likeness (QED) is 0.774. The first-order chi connectivity index (χ1) is 7.18. The van der Waals surface area contributed by atoms with E-state index in [9.17, 15) is 0 Å². The highest BCUT2D eigenvalue weighted by Gasteiger charge is 2.15. The molecule has 1 saturated heterocycles. The molecule has 82 valence electrons. The molecule has 0 saturated carbocycles. The van der Waals surface area contributed by atoms with E-state index >= 15 is 0 Å². The van der Waals surface area contributed by atoms with Gasteiger partial charge in [-0.05, 0) is 12.1 Å². The number of anilines is 2. The van der Waals surface area contributed by atoms with E-state index in [0.717, 1.165) is 32.0 Å². The number of nitrogens with two attached hydrogens (primary N) is 1. The van der Waals surface area contributed by atoms with Gasteiger partial charge in [-0.1, -0.05) is 23.2 Å². The number of ether oxygens (including phenoxy) is 1. The molecule has 0 amide bonds. The maximum atomic E-state index is 5.96. The Morgan fingerprint density at radius 1 is 1.13 bits per heavy atom. The van der Waals surface area contributed by atoms with Crippen molar-refractivity contribution >= 4 is 34.6 Å². The van der Waals surface area contributed by atoms with Gasteiger partial charge >= 0.3 is 0 Å². The Hall–Kier alpha value is -0.640. The van der Waals surface area contributed by atoms with Gasteiger partial charge in [0.2, 0.25) is 0 Å². The van der Waals surface area contributed by atoms with Crippen LogP contribution in [0.5, 0.6) is 0 Å². The molecule has 3 nitrogen and oxygen atoms in total. The fraction of sp³-hybridized carbons (Fsp3) is 0.400. The fourth-order valence-electron chi connectivity index (χ4n) is 1.63. The monoisotopic (exact) mass is 246 g/mol. The highest BCUT2D eigenvalue weighted by Crippen LogP contribution is 2.33. The van der Waals surface area contributed by atoms with Crippen LogP contribution in [-0.2, 0) is 4.74 Å². The minimum absolute atomic E-state index is 0.492. The smallest absolute Gasteiger partial charge is 0.0642 e. The molecule has 0 spiro atoms. The molecule has 1 fully saturated rings. The summed E-state index contributed by atoms with van der Waals surface area (Å²) in [5, 5.41) is 1.03. The van der Waals surface area contributed by atoms with E-state index in [2.05, 4.69) is 4.90 Å². The molecule has 1 heterocycles. The topological polar surface area (TPSA) is 38.5 Å². The molecule has 0 unspecified atom stereocenters. The number of nitrogens with zero attached hydrogens (tertiary/aromatic N) is 1. The molecular formula is C10H12Cl2N2O. The minimum atomic E-state index is 0.492. The van der Waals surface area contributed by atoms with Gasteiger partial charge in [-0.2, -0.15) is 0 Å². The molecule has 0 atom stereocenters. The Kier molecular flexibility index (Phi) is 3.24. The van der Waals surface area contributed by atoms with Crippen molar-refractivity contribution in [2.24, 2.45) is 0 Å². The normalized spacial score (nSPS) is 16.8. The first-order valence-electron chi connectivity index (χ1n) is 4.75. The molecule has 5 heteroatoms. The molecule has 0 aromatic heterocycles. The maximum absolute atomic E-state index is 5.96. The van der Waals surface area contributed by atoms with Gasteiger partial charge < -0.3 is 15.4 Å². The molecule has 15 heavy (non-hydrogen) atoms. The van der Waals surface area contributed by atoms with Crippen LogP contribution in [0.3, 0.4) is 0 Å². The first kappa shape index (κ1) is 10.9. The largest absolute Gasteiger partial charge is 0.397 e. The second-order valence-electron chi connectivity index (χ2n) is 3.42. The SMILES string of the molecule is Nc1cc(Cl)c(Cl)cc1N1CCOCC1. The number of hydrogen-bond donors (Lipinski definition) is 1. The van der Waals surface area contributed by atoms with Crippen LogP contribution in [-0.4, -0.2) is 26.3 Å². The van der Waals surface area contributed by atoms with Gasteiger partial charge in [-0.3, -0.25) is 0 Å². The van der Waals surface area contributed by atoms with Gasteiger partial charge in [0.1, 0.15) is 0 Å². The van der Waals surface area contributed by atoms with Crippen LogP contribution < -0.4 is 10.6 Å². The minimum Gasteiger partial charge on any atom is -0.397 e. The summed E-state index contributed by atoms with van der Waals surface area (Å²) < 4.78 is 5.27. The van der Waals surface area contributed by atoms with E-state index in [1.807, 2.05) is 6.07 Å². The van der Waals surface area contributed by atoms with Crippen molar-refractivity contribution < 1.29 is 4.74 Å². The molecule has 1 aliphatic rings. The number of rotatable bonds is 1. The third kappa shape index (κ3) is 2.30. The Balaban J connectivity index is 2.30. The fourth-order valence-corrected chi connectivity index (χ4v) is 1.96. The number of nitrogen functional groups attached to an aromatic ring is 1. The van der Waals surface area contributed by atoms with Gasteiger partial charge in [-0.15, -0.1) is 0 Å². The standard InChI is InChI=1S/C10H12Cl2N2O/c11-7-5-9(13)10(6-8(7)12)14-1-3-15-4-2-14/h5-6H,1-4,13H2. The lowest BCUT2D eigenvalue weighted by Crippen LogP contribution is -2.36. The van der Waals surface area contributed by atoms with Gasteiger partial charge in [0.25, 0.3) is 0 Å². The van der Waals surface area contributed by atoms with Crippen LogP contribution >= 0.6 is 23.2 Å². The van der Waals surface area contributed by atoms with Crippen molar-refractivity contribution in [2.45, 2.75) is 0 Å². The summed E-state index contributed by atoms with van der Waals surface area (Å²) in [5.74, 6) is 0. The Morgan fingerprint density at radius 2 is 1.73 bits per heavy atom. The molecule has 1 aromatic carbocycles. The summed E-state index contributed by atoms with van der Waals surface area (Å²) in [4.78, 5) is 2.15. The lowest BCUT2D eigenvalue weighted by molar-refractivity contribution is 0.123. The zero-order valence-corrected chi connectivity index (χ0v) is 9.68. The summed E-state index contributed by atoms with van der Waals surface area (Å²) in [7, 11) is 0. The Labute approximate surface area is 98.7 Å². The average Bonchev–Trinajstić information content (AvgIpc) is 2.25. The Bertz CT molecular complexity index is 365. The average molecular weight is 247 g/mol. The van der Waals surface area contributed by atoms with Crippen molar-refractivity contribution in [3.8, 4) is 0 Å². The second-order valence-corrected chi connectivity index (χ2v) is 4.24. The predicted octanol–water partition coefficient (Wildman–Crippen LogP) is 2.41. The Morgan fingerprint density at radius 3 is 2.40 bits per heavy atom. The van der Waals surface area contributed by atoms with E-state index in [0.29, 0.717) is 15.7 Å². The van der Waals surface area contributed by atoms with Gasteiger partial charge in [-0.25, -0.2) is 0 Å². The van der Waals surface area contributed by atoms with Gasteiger partial charge in [0.05, 0.1) is 34.6 Å². The molecule has 2 N–H and O–H groups in total. The van der Waals surface area contributed by atoms with Crippen molar-refractivity contribution in [1.29, 1.82) is 0 Å². The molecule has 2 rings (SSSR count). The molecular weight excluding hydrogens is 235 g/mol. The van der Waals surface area contributed by atoms with Crippen LogP contribution in [0.25, 0.3) is 0 Å². The number of benzene rings is 1. The third-order valence-corrected chi connectivity index (χ3v) is 3.14. The summed E-state index contributed by atoms with van der Waals surface area (Å²) in [5.41, 5.74) is 7.49. The van der Waals surface area contributed by atoms with E-state index in [-0.39, 0.29) is 0 Å². The molecule has 1 aliphatic heterocycles. The lowest BCUT2D eigenvalue weighted by Gasteiger charge is -2.30. The molecule has 0 bridgehead atoms. The highest BCUT2D eigenvalue weighted by atomic mass is 35.5. The van der Waals surface area contributed by atoms with Crippen LogP contribution in [0.4, 0.5) is 11.4 Å². The summed E-state index contributed by atoms with van der Waals surface area (Å²) in [6.07, 6.45) is 0. The second kappa shape index (κ2) is 4.47. The molecule has 0 radical (unpaired) electrons. The van der Waals surface area contributed by atoms with Crippen LogP contribution in [0.15, 0.2) is 12.1 Å². The van der Waals surface area contributed by atoms with Crippen molar-refractivity contribution in [2.75, 3.05) is 36.9 Å². The number of morpholine rings is 1. The zero-order chi connectivity index (χ0) is 10.8. The molecule has 1 aromatic rings. The van der Waals surface area contributed by atoms with E-state index in [4.69, 9.17) is 33.7 Å². The number of hydrogen-bond acceptors (Lipinski definition) is 3. The van der Waals surface area contributed by atoms with E-state index in [1.165, 1.54) is 0 Å². The van der Waals surface area contributed by atoms with Gasteiger partial charge in [0.15, 0.2) is 0 Å². The van der Waals surface area contributed by atoms with Crippen LogP contribution in [0.2, 0.25) is 10.0 Å². The van der Waals surface area contributed by atoms with Crippen LogP contribution in [0, 0.1) is 0 Å². The van der Waals surface area contributed by atoms with Crippen molar-refractivity contribution in [3.63, 3.8) is 0 Å². The maximum Gasteiger partial charge on any atom is 0.0642 e. The summed E-state index contributed by atoms with van der Waals surface area (Å²) in [6.45, 7) is 3.11. The summed E-state index contributed by atoms with van der Waals surface area (Å²) >= 11 is 11.8. The van der Waals surface area contributed by atoms with Crippen LogP contribution in [0.1, 0.15) is 0 Å². The molecule has 0 aliphatic carbocycles. The highest BCUT2D eigenvalue weighted by molar-refractivity contribution is 6.42. The van der Waals surface area contributed by atoms with E-state index in [1.54, 1.807) is 6.07 Å². The zero-order valence-electron chi connectivity index (χ0n) is 8.17. The van der Waals surface area contributed by atoms with E-state index < -0.39 is 0 Å². The lowest BCUT2D eigenvalue weighted by atomic mass is 10.2. The predicted molar refractivity (Wildman–Crippen MR) is 63.9 cm³/mol. The number of halogens is 2. The van der Waals surface area contributed by atoms with Gasteiger partial charge in [0, 0.05) is 13.1 Å². The first-order valence-corrected chi connectivity index (χ1v) is 5.51. The van der Waals surface area contributed by atoms with Crippen molar-refractivity contribution in [3.05, 3.63) is 22.2 Å². The van der Waals surface area contributed by atoms with Crippen molar-refractivity contribution in [1.82, 2.24) is 0 Å². The summed E-state index contributed by atoms with van der Waals surface area (Å²) in [6, 6.07) is 3.50. The third-order valence-electron chi connectivity index (χ3n) is 2.42.